The van der Waals surface area contributed by atoms with Crippen LogP contribution in [0.4, 0.5) is 0 Å². The van der Waals surface area contributed by atoms with Crippen LogP contribution in [0.25, 0.3) is 10.1 Å². The van der Waals surface area contributed by atoms with E-state index in [4.69, 9.17) is 11.6 Å². The van der Waals surface area contributed by atoms with E-state index < -0.39 is 0 Å². The maximum atomic E-state index is 6.03. The van der Waals surface area contributed by atoms with Gasteiger partial charge in [-0.3, -0.25) is 0 Å². The molecule has 0 aliphatic rings. The summed E-state index contributed by atoms with van der Waals surface area (Å²) in [6.45, 7) is 1.14. The van der Waals surface area contributed by atoms with Crippen LogP contribution >= 0.6 is 22.9 Å². The van der Waals surface area contributed by atoms with Crippen LogP contribution in [-0.2, 0) is 6.42 Å². The van der Waals surface area contributed by atoms with Crippen LogP contribution in [-0.4, -0.2) is 25.5 Å². The second-order valence-corrected chi connectivity index (χ2v) is 5.66. The quantitative estimate of drug-likeness (QED) is 0.795. The number of hydrogen-bond donors (Lipinski definition) is 0. The van der Waals surface area contributed by atoms with Crippen LogP contribution in [0.5, 0.6) is 0 Å². The van der Waals surface area contributed by atoms with E-state index in [1.807, 2.05) is 17.4 Å². The highest BCUT2D eigenvalue weighted by Gasteiger charge is 2.04. The van der Waals surface area contributed by atoms with Gasteiger partial charge in [-0.25, -0.2) is 0 Å². The van der Waals surface area contributed by atoms with Crippen molar-refractivity contribution in [1.82, 2.24) is 4.90 Å². The molecule has 0 unspecified atom stereocenters. The maximum absolute atomic E-state index is 6.03. The minimum atomic E-state index is 0.833. The average molecular weight is 254 g/mol. The van der Waals surface area contributed by atoms with E-state index in [0.29, 0.717) is 0 Å². The van der Waals surface area contributed by atoms with Gasteiger partial charge in [0.2, 0.25) is 0 Å². The van der Waals surface area contributed by atoms with E-state index in [0.717, 1.165) is 18.0 Å². The lowest BCUT2D eigenvalue weighted by Gasteiger charge is -2.08. The fourth-order valence-corrected chi connectivity index (χ4v) is 2.98. The molecule has 0 radical (unpaired) electrons. The molecule has 0 fully saturated rings. The highest BCUT2D eigenvalue weighted by molar-refractivity contribution is 7.17. The first-order valence-corrected chi connectivity index (χ1v) is 6.73. The Kier molecular flexibility index (Phi) is 3.85. The Bertz CT molecular complexity index is 476. The summed E-state index contributed by atoms with van der Waals surface area (Å²) in [6, 6.07) is 6.15. The molecule has 0 bridgehead atoms. The van der Waals surface area contributed by atoms with E-state index in [9.17, 15) is 0 Å². The van der Waals surface area contributed by atoms with E-state index >= 15 is 0 Å². The predicted octanol–water partition coefficient (Wildman–Crippen LogP) is 4.05. The molecule has 0 amide bonds. The summed E-state index contributed by atoms with van der Waals surface area (Å²) in [5.41, 5.74) is 1.43. The second-order valence-electron chi connectivity index (χ2n) is 4.31. The Labute approximate surface area is 106 Å². The van der Waals surface area contributed by atoms with Crippen molar-refractivity contribution in [2.24, 2.45) is 0 Å². The molecule has 0 aliphatic carbocycles. The van der Waals surface area contributed by atoms with Crippen LogP contribution in [0, 0.1) is 0 Å². The number of thiophene rings is 1. The molecule has 16 heavy (non-hydrogen) atoms. The van der Waals surface area contributed by atoms with Crippen molar-refractivity contribution >= 4 is 33.0 Å². The first-order valence-electron chi connectivity index (χ1n) is 5.47. The summed E-state index contributed by atoms with van der Waals surface area (Å²) in [5.74, 6) is 0. The van der Waals surface area contributed by atoms with Crippen LogP contribution in [0.15, 0.2) is 23.6 Å². The summed E-state index contributed by atoms with van der Waals surface area (Å²) in [5, 5.41) is 4.42. The summed E-state index contributed by atoms with van der Waals surface area (Å²) in [4.78, 5) is 2.22. The van der Waals surface area contributed by atoms with Crippen LogP contribution in [0.3, 0.4) is 0 Å². The van der Waals surface area contributed by atoms with Crippen molar-refractivity contribution in [2.45, 2.75) is 12.8 Å². The summed E-state index contributed by atoms with van der Waals surface area (Å²) >= 11 is 7.84. The minimum absolute atomic E-state index is 0.833. The number of nitrogens with zero attached hydrogens (tertiary/aromatic N) is 1. The van der Waals surface area contributed by atoms with E-state index in [1.54, 1.807) is 0 Å². The molecule has 0 saturated carbocycles. The smallest absolute Gasteiger partial charge is 0.0413 e. The Morgan fingerprint density at radius 3 is 2.88 bits per heavy atom. The molecule has 3 heteroatoms. The van der Waals surface area contributed by atoms with Gasteiger partial charge < -0.3 is 4.90 Å². The lowest BCUT2D eigenvalue weighted by Crippen LogP contribution is -2.13. The molecular weight excluding hydrogens is 238 g/mol. The zero-order valence-corrected chi connectivity index (χ0v) is 11.2. The van der Waals surface area contributed by atoms with Gasteiger partial charge in [0.25, 0.3) is 0 Å². The van der Waals surface area contributed by atoms with Crippen molar-refractivity contribution in [2.75, 3.05) is 20.6 Å². The Balaban J connectivity index is 2.15. The van der Waals surface area contributed by atoms with E-state index in [-0.39, 0.29) is 0 Å². The molecule has 1 aromatic heterocycles. The standard InChI is InChI=1S/C13H16ClNS/c1-15(2)7-3-4-10-9-16-13-6-5-11(14)8-12(10)13/h5-6,8-9H,3-4,7H2,1-2H3. The van der Waals surface area contributed by atoms with Crippen LogP contribution in [0.2, 0.25) is 5.02 Å². The third kappa shape index (κ3) is 2.76. The number of hydrogen-bond acceptors (Lipinski definition) is 2. The van der Waals surface area contributed by atoms with E-state index in [2.05, 4.69) is 36.5 Å². The van der Waals surface area contributed by atoms with Crippen molar-refractivity contribution in [1.29, 1.82) is 0 Å². The summed E-state index contributed by atoms with van der Waals surface area (Å²) in [6.07, 6.45) is 2.34. The van der Waals surface area contributed by atoms with Gasteiger partial charge in [0.1, 0.15) is 0 Å². The molecule has 1 heterocycles. The van der Waals surface area contributed by atoms with Crippen molar-refractivity contribution in [3.8, 4) is 0 Å². The highest BCUT2D eigenvalue weighted by atomic mass is 35.5. The monoisotopic (exact) mass is 253 g/mol. The molecule has 86 valence electrons. The zero-order chi connectivity index (χ0) is 11.5. The van der Waals surface area contributed by atoms with Gasteiger partial charge in [0, 0.05) is 9.72 Å². The average Bonchev–Trinajstić information content (AvgIpc) is 2.60. The molecule has 0 N–H and O–H groups in total. The highest BCUT2D eigenvalue weighted by Crippen LogP contribution is 2.29. The van der Waals surface area contributed by atoms with Crippen molar-refractivity contribution in [3.05, 3.63) is 34.2 Å². The molecule has 0 spiro atoms. The van der Waals surface area contributed by atoms with Gasteiger partial charge in [-0.15, -0.1) is 11.3 Å². The van der Waals surface area contributed by atoms with Gasteiger partial charge in [-0.1, -0.05) is 11.6 Å². The molecule has 0 atom stereocenters. The predicted molar refractivity (Wildman–Crippen MR) is 73.7 cm³/mol. The molecule has 2 rings (SSSR count). The number of fused-ring (bicyclic) bond motifs is 1. The second kappa shape index (κ2) is 5.17. The first-order chi connectivity index (χ1) is 7.66. The van der Waals surface area contributed by atoms with Crippen molar-refractivity contribution < 1.29 is 0 Å². The fraction of sp³-hybridized carbons (Fsp3) is 0.385. The van der Waals surface area contributed by atoms with Gasteiger partial charge >= 0.3 is 0 Å². The minimum Gasteiger partial charge on any atom is -0.309 e. The molecule has 2 aromatic rings. The number of aryl methyl sites for hydroxylation is 1. The lowest BCUT2D eigenvalue weighted by molar-refractivity contribution is 0.400. The molecular formula is C13H16ClNS. The summed E-state index contributed by atoms with van der Waals surface area (Å²) in [7, 11) is 4.23. The molecule has 1 aromatic carbocycles. The van der Waals surface area contributed by atoms with Crippen molar-refractivity contribution in [3.63, 3.8) is 0 Å². The van der Waals surface area contributed by atoms with Crippen LogP contribution in [0.1, 0.15) is 12.0 Å². The van der Waals surface area contributed by atoms with Gasteiger partial charge in [0.05, 0.1) is 0 Å². The van der Waals surface area contributed by atoms with E-state index in [1.165, 1.54) is 22.1 Å². The molecule has 1 nitrogen and oxygen atoms in total. The number of halogens is 1. The lowest BCUT2D eigenvalue weighted by atomic mass is 10.1. The van der Waals surface area contributed by atoms with Gasteiger partial charge in [-0.2, -0.15) is 0 Å². The molecule has 0 saturated heterocycles. The summed E-state index contributed by atoms with van der Waals surface area (Å²) < 4.78 is 1.34. The SMILES string of the molecule is CN(C)CCCc1csc2ccc(Cl)cc12. The van der Waals surface area contributed by atoms with Crippen LogP contribution < -0.4 is 0 Å². The third-order valence-corrected chi connectivity index (χ3v) is 3.91. The largest absolute Gasteiger partial charge is 0.309 e. The zero-order valence-electron chi connectivity index (χ0n) is 9.66. The first kappa shape index (κ1) is 11.9. The Hall–Kier alpha value is -0.570. The van der Waals surface area contributed by atoms with Gasteiger partial charge in [-0.05, 0) is 68.0 Å². The normalized spacial score (nSPS) is 11.5. The fourth-order valence-electron chi connectivity index (χ4n) is 1.83. The maximum Gasteiger partial charge on any atom is 0.0413 e. The number of rotatable bonds is 4. The number of benzene rings is 1. The Morgan fingerprint density at radius 1 is 1.31 bits per heavy atom. The molecule has 0 aliphatic heterocycles. The third-order valence-electron chi connectivity index (χ3n) is 2.67. The Morgan fingerprint density at radius 2 is 2.12 bits per heavy atom. The van der Waals surface area contributed by atoms with Gasteiger partial charge in [0.15, 0.2) is 0 Å². The topological polar surface area (TPSA) is 3.24 Å².